The molecule has 0 bridgehead atoms. The number of fused-ring (bicyclic) bond motifs is 1. The third kappa shape index (κ3) is 2.07. The van der Waals surface area contributed by atoms with E-state index in [2.05, 4.69) is 20.2 Å². The van der Waals surface area contributed by atoms with Gasteiger partial charge in [-0.3, -0.25) is 14.8 Å². The largest absolute Gasteiger partial charge is 0.493 e. The molecule has 2 heterocycles. The molecule has 20 heavy (non-hydrogen) atoms. The molecule has 0 unspecified atom stereocenters. The van der Waals surface area contributed by atoms with E-state index in [1.165, 1.54) is 0 Å². The van der Waals surface area contributed by atoms with Gasteiger partial charge in [0.2, 0.25) is 17.5 Å². The van der Waals surface area contributed by atoms with Crippen LogP contribution in [0.4, 0.5) is 11.6 Å². The molecule has 0 spiro atoms. The SMILES string of the molecule is O=c1[nH]c(O)c(N=Nc2nc3ccccc3[nH]2)c(=O)[nH]1. The number of rotatable bonds is 2. The highest BCUT2D eigenvalue weighted by Gasteiger charge is 2.08. The average molecular weight is 272 g/mol. The first-order chi connectivity index (χ1) is 9.63. The van der Waals surface area contributed by atoms with E-state index in [9.17, 15) is 14.7 Å². The molecule has 2 aromatic heterocycles. The number of azo groups is 1. The summed E-state index contributed by atoms with van der Waals surface area (Å²) in [5.41, 5.74) is -0.603. The molecule has 1 aromatic carbocycles. The average Bonchev–Trinajstić information content (AvgIpc) is 2.80. The maximum absolute atomic E-state index is 11.4. The van der Waals surface area contributed by atoms with Gasteiger partial charge in [0.1, 0.15) is 0 Å². The molecule has 0 saturated carbocycles. The Morgan fingerprint density at radius 1 is 1.05 bits per heavy atom. The van der Waals surface area contributed by atoms with Gasteiger partial charge in [-0.25, -0.2) is 9.78 Å². The molecule has 0 radical (unpaired) electrons. The molecule has 3 rings (SSSR count). The van der Waals surface area contributed by atoms with Gasteiger partial charge in [0.05, 0.1) is 11.0 Å². The minimum absolute atomic E-state index is 0.177. The summed E-state index contributed by atoms with van der Waals surface area (Å²) in [4.78, 5) is 33.3. The Hall–Kier alpha value is -3.23. The van der Waals surface area contributed by atoms with E-state index in [-0.39, 0.29) is 5.95 Å². The predicted octanol–water partition coefficient (Wildman–Crippen LogP) is 1.06. The molecular weight excluding hydrogens is 264 g/mol. The van der Waals surface area contributed by atoms with Crippen LogP contribution in [0.15, 0.2) is 44.1 Å². The van der Waals surface area contributed by atoms with E-state index in [1.54, 1.807) is 6.07 Å². The summed E-state index contributed by atoms with van der Waals surface area (Å²) in [6.45, 7) is 0. The number of benzene rings is 1. The number of nitrogens with zero attached hydrogens (tertiary/aromatic N) is 3. The Morgan fingerprint density at radius 3 is 2.60 bits per heavy atom. The molecule has 0 aliphatic heterocycles. The summed E-state index contributed by atoms with van der Waals surface area (Å²) >= 11 is 0. The molecule has 0 fully saturated rings. The highest BCUT2D eigenvalue weighted by Crippen LogP contribution is 2.20. The Balaban J connectivity index is 2.02. The maximum Gasteiger partial charge on any atom is 0.328 e. The number of aromatic amines is 3. The van der Waals surface area contributed by atoms with Gasteiger partial charge in [-0.2, -0.15) is 0 Å². The Morgan fingerprint density at radius 2 is 1.85 bits per heavy atom. The van der Waals surface area contributed by atoms with E-state index in [1.807, 2.05) is 28.2 Å². The van der Waals surface area contributed by atoms with Crippen molar-refractivity contribution in [2.75, 3.05) is 0 Å². The van der Waals surface area contributed by atoms with E-state index < -0.39 is 22.8 Å². The van der Waals surface area contributed by atoms with Crippen LogP contribution in [0.25, 0.3) is 11.0 Å². The minimum Gasteiger partial charge on any atom is -0.493 e. The first-order valence-corrected chi connectivity index (χ1v) is 5.55. The number of nitrogens with one attached hydrogen (secondary N) is 3. The van der Waals surface area contributed by atoms with Crippen molar-refractivity contribution in [2.45, 2.75) is 0 Å². The second-order valence-electron chi connectivity index (χ2n) is 3.88. The van der Waals surface area contributed by atoms with Crippen LogP contribution in [0, 0.1) is 0 Å². The maximum atomic E-state index is 11.4. The van der Waals surface area contributed by atoms with Crippen molar-refractivity contribution in [3.05, 3.63) is 45.1 Å². The Labute approximate surface area is 110 Å². The fourth-order valence-electron chi connectivity index (χ4n) is 1.64. The topological polar surface area (TPSA) is 139 Å². The number of H-pyrrole nitrogens is 3. The van der Waals surface area contributed by atoms with Gasteiger partial charge >= 0.3 is 5.69 Å². The monoisotopic (exact) mass is 272 g/mol. The molecule has 100 valence electrons. The smallest absolute Gasteiger partial charge is 0.328 e. The number of imidazole rings is 1. The number of hydrogen-bond acceptors (Lipinski definition) is 6. The Kier molecular flexibility index (Phi) is 2.64. The van der Waals surface area contributed by atoms with Crippen molar-refractivity contribution in [2.24, 2.45) is 10.2 Å². The number of hydrogen-bond donors (Lipinski definition) is 4. The number of aromatic hydroxyl groups is 1. The van der Waals surface area contributed by atoms with Crippen LogP contribution in [-0.4, -0.2) is 25.0 Å². The van der Waals surface area contributed by atoms with Crippen molar-refractivity contribution in [3.63, 3.8) is 0 Å². The summed E-state index contributed by atoms with van der Waals surface area (Å²) < 4.78 is 0. The second-order valence-corrected chi connectivity index (χ2v) is 3.88. The van der Waals surface area contributed by atoms with Gasteiger partial charge < -0.3 is 10.1 Å². The van der Waals surface area contributed by atoms with E-state index in [4.69, 9.17) is 0 Å². The standard InChI is InChI=1S/C11H8N6O3/c18-8-7(9(19)15-11(20)14-8)16-17-10-12-5-3-1-2-4-6(5)13-10/h1-4H,(H,12,13)(H3,14,15,18,19,20). The summed E-state index contributed by atoms with van der Waals surface area (Å²) in [5.74, 6) is -0.477. The zero-order valence-electron chi connectivity index (χ0n) is 9.91. The summed E-state index contributed by atoms with van der Waals surface area (Å²) in [7, 11) is 0. The zero-order valence-corrected chi connectivity index (χ0v) is 9.91. The molecule has 9 heteroatoms. The van der Waals surface area contributed by atoms with Gasteiger partial charge in [-0.15, -0.1) is 10.2 Å². The van der Waals surface area contributed by atoms with Gasteiger partial charge in [-0.05, 0) is 12.1 Å². The number of para-hydroxylation sites is 2. The summed E-state index contributed by atoms with van der Waals surface area (Å²) in [5, 5.41) is 16.7. The highest BCUT2D eigenvalue weighted by molar-refractivity contribution is 5.76. The van der Waals surface area contributed by atoms with Crippen LogP contribution in [0.5, 0.6) is 5.88 Å². The van der Waals surface area contributed by atoms with Gasteiger partial charge in [0.15, 0.2) is 0 Å². The minimum atomic E-state index is -0.842. The Bertz CT molecular complexity index is 887. The van der Waals surface area contributed by atoms with Crippen LogP contribution in [-0.2, 0) is 0 Å². The normalized spacial score (nSPS) is 11.4. The predicted molar refractivity (Wildman–Crippen MR) is 69.6 cm³/mol. The van der Waals surface area contributed by atoms with Crippen molar-refractivity contribution in [1.82, 2.24) is 19.9 Å². The molecule has 9 nitrogen and oxygen atoms in total. The third-order valence-electron chi connectivity index (χ3n) is 2.52. The summed E-state index contributed by atoms with van der Waals surface area (Å²) in [6.07, 6.45) is 0. The lowest BCUT2D eigenvalue weighted by Crippen LogP contribution is -2.20. The van der Waals surface area contributed by atoms with Crippen molar-refractivity contribution < 1.29 is 5.11 Å². The van der Waals surface area contributed by atoms with Gasteiger partial charge in [0, 0.05) is 0 Å². The highest BCUT2D eigenvalue weighted by atomic mass is 16.3. The zero-order chi connectivity index (χ0) is 14.1. The van der Waals surface area contributed by atoms with Crippen molar-refractivity contribution in [1.29, 1.82) is 0 Å². The van der Waals surface area contributed by atoms with Crippen molar-refractivity contribution in [3.8, 4) is 5.88 Å². The van der Waals surface area contributed by atoms with Crippen LogP contribution in [0.3, 0.4) is 0 Å². The third-order valence-corrected chi connectivity index (χ3v) is 2.52. The quantitative estimate of drug-likeness (QED) is 0.518. The van der Waals surface area contributed by atoms with Crippen LogP contribution in [0.1, 0.15) is 0 Å². The van der Waals surface area contributed by atoms with Crippen LogP contribution < -0.4 is 11.2 Å². The lowest BCUT2D eigenvalue weighted by molar-refractivity contribution is 0.450. The van der Waals surface area contributed by atoms with Crippen molar-refractivity contribution >= 4 is 22.7 Å². The molecular formula is C11H8N6O3. The molecule has 0 saturated heterocycles. The van der Waals surface area contributed by atoms with Crippen LogP contribution >= 0.6 is 0 Å². The molecule has 0 aliphatic carbocycles. The van der Waals surface area contributed by atoms with E-state index in [0.29, 0.717) is 5.52 Å². The van der Waals surface area contributed by atoms with Crippen LogP contribution in [0.2, 0.25) is 0 Å². The lowest BCUT2D eigenvalue weighted by atomic mass is 10.3. The molecule has 3 aromatic rings. The van der Waals surface area contributed by atoms with E-state index in [0.717, 1.165) is 5.52 Å². The molecule has 0 amide bonds. The summed E-state index contributed by atoms with van der Waals surface area (Å²) in [6, 6.07) is 7.25. The fraction of sp³-hybridized carbons (Fsp3) is 0. The number of aromatic nitrogens is 4. The van der Waals surface area contributed by atoms with Gasteiger partial charge in [0.25, 0.3) is 5.56 Å². The fourth-order valence-corrected chi connectivity index (χ4v) is 1.64. The first kappa shape index (κ1) is 11.8. The molecule has 0 aliphatic rings. The van der Waals surface area contributed by atoms with Gasteiger partial charge in [-0.1, -0.05) is 12.1 Å². The molecule has 0 atom stereocenters. The second kappa shape index (κ2) is 4.46. The van der Waals surface area contributed by atoms with E-state index >= 15 is 0 Å². The first-order valence-electron chi connectivity index (χ1n) is 5.55. The molecule has 4 N–H and O–H groups in total. The lowest BCUT2D eigenvalue weighted by Gasteiger charge is -1.93.